The van der Waals surface area contributed by atoms with Crippen molar-refractivity contribution >= 4 is 25.0 Å². The Balaban J connectivity index is 2.97. The fourth-order valence-electron chi connectivity index (χ4n) is 3.12. The summed E-state index contributed by atoms with van der Waals surface area (Å²) in [4.78, 5) is 16.6. The highest BCUT2D eigenvalue weighted by Crippen LogP contribution is 2.18. The molecule has 26 heavy (non-hydrogen) atoms. The summed E-state index contributed by atoms with van der Waals surface area (Å²) in [6.45, 7) is 17.3. The third kappa shape index (κ3) is 7.12. The Kier molecular flexibility index (Phi) is 8.35. The second kappa shape index (κ2) is 9.56. The maximum atomic E-state index is 12.4. The number of hydrogen-bond donors (Lipinski definition) is 0. The molecule has 0 aromatic heterocycles. The van der Waals surface area contributed by atoms with Crippen LogP contribution in [-0.4, -0.2) is 51.0 Å². The lowest BCUT2D eigenvalue weighted by Crippen LogP contribution is -2.52. The molecule has 0 aliphatic heterocycles. The van der Waals surface area contributed by atoms with Gasteiger partial charge in [0.25, 0.3) is 0 Å². The van der Waals surface area contributed by atoms with Gasteiger partial charge in [-0.15, -0.1) is 0 Å². The van der Waals surface area contributed by atoms with Gasteiger partial charge >= 0.3 is 6.09 Å². The zero-order chi connectivity index (χ0) is 20.0. The van der Waals surface area contributed by atoms with Gasteiger partial charge in [0.15, 0.2) is 0 Å². The smallest absolute Gasteiger partial charge is 0.414 e. The number of rotatable bonds is 8. The van der Waals surface area contributed by atoms with E-state index < -0.39 is 13.7 Å². The van der Waals surface area contributed by atoms with Crippen LogP contribution in [0.5, 0.6) is 0 Å². The van der Waals surface area contributed by atoms with Crippen LogP contribution in [-0.2, 0) is 4.74 Å². The van der Waals surface area contributed by atoms with E-state index in [2.05, 4.69) is 50.0 Å². The highest BCUT2D eigenvalue weighted by atomic mass is 28.3. The molecule has 0 unspecified atom stereocenters. The van der Waals surface area contributed by atoms with Gasteiger partial charge < -0.3 is 9.64 Å². The van der Waals surface area contributed by atoms with Crippen molar-refractivity contribution in [2.24, 2.45) is 0 Å². The molecule has 0 aliphatic carbocycles. The van der Waals surface area contributed by atoms with Gasteiger partial charge in [0.2, 0.25) is 0 Å². The predicted octanol–water partition coefficient (Wildman–Crippen LogP) is 4.63. The Morgan fingerprint density at radius 2 is 1.69 bits per heavy atom. The zero-order valence-electron chi connectivity index (χ0n) is 18.1. The molecule has 0 bridgehead atoms. The third-order valence-corrected chi connectivity index (χ3v) is 7.49. The number of amides is 1. The van der Waals surface area contributed by atoms with Crippen LogP contribution in [0.15, 0.2) is 24.3 Å². The molecule has 1 aromatic rings. The zero-order valence-corrected chi connectivity index (χ0v) is 19.1. The van der Waals surface area contributed by atoms with Crippen molar-refractivity contribution < 1.29 is 9.53 Å². The van der Waals surface area contributed by atoms with Crippen LogP contribution in [0.1, 0.15) is 47.5 Å². The van der Waals surface area contributed by atoms with E-state index in [1.165, 1.54) is 18.0 Å². The molecule has 1 rings (SSSR count). The van der Waals surface area contributed by atoms with E-state index in [4.69, 9.17) is 4.74 Å². The number of ether oxygens (including phenoxy) is 1. The highest BCUT2D eigenvalue weighted by molar-refractivity contribution is 6.90. The Hall–Kier alpha value is -1.33. The second-order valence-electron chi connectivity index (χ2n) is 8.75. The lowest BCUT2D eigenvalue weighted by Gasteiger charge is -2.32. The van der Waals surface area contributed by atoms with Gasteiger partial charge in [-0.25, -0.2) is 4.79 Å². The summed E-state index contributed by atoms with van der Waals surface area (Å²) in [7, 11) is 0.151. The van der Waals surface area contributed by atoms with Crippen molar-refractivity contribution in [3.8, 4) is 0 Å². The summed E-state index contributed by atoms with van der Waals surface area (Å²) in [6, 6.07) is 8.43. The second-order valence-corrected chi connectivity index (χ2v) is 13.4. The first-order valence-corrected chi connectivity index (χ1v) is 13.0. The molecule has 0 spiro atoms. The minimum atomic E-state index is -1.63. The molecule has 0 saturated heterocycles. The Morgan fingerprint density at radius 3 is 2.19 bits per heavy atom. The van der Waals surface area contributed by atoms with E-state index in [-0.39, 0.29) is 6.09 Å². The Morgan fingerprint density at radius 1 is 1.12 bits per heavy atom. The summed E-state index contributed by atoms with van der Waals surface area (Å²) in [5.41, 5.74) is 0.410. The van der Waals surface area contributed by atoms with Crippen LogP contribution < -0.4 is 10.1 Å². The van der Waals surface area contributed by atoms with E-state index in [1.54, 1.807) is 11.9 Å². The predicted molar refractivity (Wildman–Crippen MR) is 115 cm³/mol. The average Bonchev–Trinajstić information content (AvgIpc) is 2.53. The molecule has 1 aromatic carbocycles. The summed E-state index contributed by atoms with van der Waals surface area (Å²) < 4.78 is 5.50. The number of anilines is 1. The molecule has 148 valence electrons. The molecule has 0 saturated carbocycles. The lowest BCUT2D eigenvalue weighted by molar-refractivity contribution is 0.0589. The molecule has 5 heteroatoms. The van der Waals surface area contributed by atoms with Gasteiger partial charge in [0.1, 0.15) is 5.60 Å². The minimum Gasteiger partial charge on any atom is -0.443 e. The SMILES string of the molecule is CCCN(CCC)C[Si](C)(C)c1cccc(N(C)C(=O)OC(C)(C)C)c1. The van der Waals surface area contributed by atoms with E-state index in [1.807, 2.05) is 26.8 Å². The highest BCUT2D eigenvalue weighted by Gasteiger charge is 2.27. The van der Waals surface area contributed by atoms with Crippen molar-refractivity contribution in [3.63, 3.8) is 0 Å². The first-order chi connectivity index (χ1) is 12.0. The molecular formula is C21H38N2O2Si. The van der Waals surface area contributed by atoms with Crippen molar-refractivity contribution in [1.82, 2.24) is 4.90 Å². The van der Waals surface area contributed by atoms with Gasteiger partial charge in [0, 0.05) is 12.7 Å². The van der Waals surface area contributed by atoms with E-state index in [0.29, 0.717) is 0 Å². The van der Waals surface area contributed by atoms with Crippen LogP contribution >= 0.6 is 0 Å². The van der Waals surface area contributed by atoms with Crippen LogP contribution in [0.4, 0.5) is 10.5 Å². The third-order valence-electron chi connectivity index (χ3n) is 4.38. The van der Waals surface area contributed by atoms with E-state index >= 15 is 0 Å². The topological polar surface area (TPSA) is 32.8 Å². The van der Waals surface area contributed by atoms with Crippen LogP contribution in [0, 0.1) is 0 Å². The van der Waals surface area contributed by atoms with Gasteiger partial charge in [-0.1, -0.05) is 44.3 Å². The Labute approximate surface area is 161 Å². The van der Waals surface area contributed by atoms with E-state index in [9.17, 15) is 4.79 Å². The number of hydrogen-bond acceptors (Lipinski definition) is 3. The van der Waals surface area contributed by atoms with Gasteiger partial charge in [-0.2, -0.15) is 0 Å². The van der Waals surface area contributed by atoms with Gasteiger partial charge in [-0.3, -0.25) is 4.90 Å². The monoisotopic (exact) mass is 378 g/mol. The van der Waals surface area contributed by atoms with E-state index in [0.717, 1.165) is 24.9 Å². The molecule has 0 atom stereocenters. The molecule has 0 aliphatic rings. The summed E-state index contributed by atoms with van der Waals surface area (Å²) in [6.07, 6.45) is 3.21. The lowest BCUT2D eigenvalue weighted by atomic mass is 10.2. The largest absolute Gasteiger partial charge is 0.443 e. The standard InChI is InChI=1S/C21H38N2O2Si/c1-9-14-23(15-10-2)17-26(7,8)19-13-11-12-18(16-19)22(6)20(24)25-21(3,4)5/h11-13,16H,9-10,14-15,17H2,1-8H3. The summed E-state index contributed by atoms with van der Waals surface area (Å²) in [5.74, 6) is 0. The quantitative estimate of drug-likeness (QED) is 0.618. The first-order valence-electron chi connectivity index (χ1n) is 9.79. The summed E-state index contributed by atoms with van der Waals surface area (Å²) in [5, 5.41) is 1.38. The molecule has 0 fully saturated rings. The normalized spacial score (nSPS) is 12.3. The van der Waals surface area contributed by atoms with Crippen LogP contribution in [0.3, 0.4) is 0 Å². The van der Waals surface area contributed by atoms with Gasteiger partial charge in [0.05, 0.1) is 8.07 Å². The maximum absolute atomic E-state index is 12.4. The molecule has 0 heterocycles. The van der Waals surface area contributed by atoms with Crippen molar-refractivity contribution in [2.75, 3.05) is 31.2 Å². The number of carbonyl (C=O) groups excluding carboxylic acids is 1. The number of carbonyl (C=O) groups is 1. The maximum Gasteiger partial charge on any atom is 0.414 e. The average molecular weight is 379 g/mol. The summed E-state index contributed by atoms with van der Waals surface area (Å²) >= 11 is 0. The molecule has 0 radical (unpaired) electrons. The van der Waals surface area contributed by atoms with Crippen LogP contribution in [0.2, 0.25) is 13.1 Å². The molecular weight excluding hydrogens is 340 g/mol. The number of benzene rings is 1. The minimum absolute atomic E-state index is 0.312. The van der Waals surface area contributed by atoms with Gasteiger partial charge in [-0.05, 0) is 65.0 Å². The first kappa shape index (κ1) is 22.7. The molecule has 4 nitrogen and oxygen atoms in total. The fourth-order valence-corrected chi connectivity index (χ4v) is 5.83. The number of nitrogens with zero attached hydrogens (tertiary/aromatic N) is 2. The molecule has 0 N–H and O–H groups in total. The Bertz CT molecular complexity index is 576. The van der Waals surface area contributed by atoms with Crippen molar-refractivity contribution in [3.05, 3.63) is 24.3 Å². The van der Waals surface area contributed by atoms with Crippen molar-refractivity contribution in [2.45, 2.75) is 66.2 Å². The van der Waals surface area contributed by atoms with Crippen molar-refractivity contribution in [1.29, 1.82) is 0 Å². The fraction of sp³-hybridized carbons (Fsp3) is 0.667. The molecule has 1 amide bonds. The van der Waals surface area contributed by atoms with Crippen LogP contribution in [0.25, 0.3) is 0 Å².